The second-order valence-electron chi connectivity index (χ2n) is 10.4. The number of hydrogen-bond donors (Lipinski definition) is 2. The fourth-order valence-electron chi connectivity index (χ4n) is 5.48. The maximum Gasteiger partial charge on any atom is 0.253 e. The zero-order chi connectivity index (χ0) is 28.7. The van der Waals surface area contributed by atoms with Gasteiger partial charge in [0, 0.05) is 71.6 Å². The van der Waals surface area contributed by atoms with Gasteiger partial charge in [0.2, 0.25) is 5.95 Å². The number of halogens is 3. The van der Waals surface area contributed by atoms with E-state index in [1.165, 1.54) is 12.1 Å². The van der Waals surface area contributed by atoms with Crippen LogP contribution in [0.4, 0.5) is 20.4 Å². The van der Waals surface area contributed by atoms with Gasteiger partial charge in [-0.1, -0.05) is 17.7 Å². The highest BCUT2D eigenvalue weighted by molar-refractivity contribution is 6.69. The van der Waals surface area contributed by atoms with Crippen molar-refractivity contribution in [2.45, 2.75) is 32.4 Å². The van der Waals surface area contributed by atoms with E-state index in [4.69, 9.17) is 16.6 Å². The monoisotopic (exact) mass is 572 g/mol. The van der Waals surface area contributed by atoms with E-state index >= 15 is 0 Å². The second-order valence-corrected chi connectivity index (χ2v) is 10.8. The van der Waals surface area contributed by atoms with Crippen molar-refractivity contribution in [1.82, 2.24) is 20.2 Å². The van der Waals surface area contributed by atoms with Gasteiger partial charge in [0.15, 0.2) is 0 Å². The number of rotatable bonds is 4. The number of allylic oxidation sites excluding steroid dienone is 5. The van der Waals surface area contributed by atoms with Gasteiger partial charge >= 0.3 is 0 Å². The van der Waals surface area contributed by atoms with Gasteiger partial charge in [0.1, 0.15) is 16.8 Å². The number of fused-ring (bicyclic) bond motifs is 3. The topological polar surface area (TPSA) is 82.5 Å². The Morgan fingerprint density at radius 2 is 1.80 bits per heavy atom. The Labute approximate surface area is 241 Å². The average molecular weight is 573 g/mol. The normalized spacial score (nSPS) is 20.1. The molecule has 208 valence electrons. The minimum absolute atomic E-state index is 0.00191. The predicted molar refractivity (Wildman–Crippen MR) is 157 cm³/mol. The van der Waals surface area contributed by atoms with Crippen LogP contribution in [0.15, 0.2) is 77.6 Å². The Morgan fingerprint density at radius 1 is 1.05 bits per heavy atom. The molecule has 2 aliphatic heterocycles. The minimum Gasteiger partial charge on any atom is -0.336 e. The van der Waals surface area contributed by atoms with Crippen LogP contribution in [0.1, 0.15) is 41.0 Å². The second kappa shape index (κ2) is 11.0. The smallest absolute Gasteiger partial charge is 0.253 e. The Bertz CT molecular complexity index is 1650. The molecule has 1 saturated heterocycles. The molecule has 0 bridgehead atoms. The molecule has 41 heavy (non-hydrogen) atoms. The Hall–Kier alpha value is -4.21. The number of piperazine rings is 1. The van der Waals surface area contributed by atoms with Crippen LogP contribution in [0, 0.1) is 11.6 Å². The summed E-state index contributed by atoms with van der Waals surface area (Å²) >= 11 is 6.31. The van der Waals surface area contributed by atoms with E-state index in [1.54, 1.807) is 30.6 Å². The van der Waals surface area contributed by atoms with Crippen LogP contribution in [0.3, 0.4) is 0 Å². The van der Waals surface area contributed by atoms with Crippen molar-refractivity contribution in [3.8, 4) is 0 Å². The summed E-state index contributed by atoms with van der Waals surface area (Å²) < 4.78 is 28.4. The molecule has 2 unspecified atom stereocenters. The first-order valence-corrected chi connectivity index (χ1v) is 13.7. The summed E-state index contributed by atoms with van der Waals surface area (Å²) in [5.74, 6) is -0.996. The van der Waals surface area contributed by atoms with Crippen molar-refractivity contribution in [1.29, 1.82) is 0 Å². The summed E-state index contributed by atoms with van der Waals surface area (Å²) in [7, 11) is 0. The van der Waals surface area contributed by atoms with Gasteiger partial charge in [-0.25, -0.2) is 23.7 Å². The summed E-state index contributed by atoms with van der Waals surface area (Å²) in [6, 6.07) is 11.2. The molecule has 3 aliphatic rings. The van der Waals surface area contributed by atoms with Crippen LogP contribution in [-0.2, 0) is 6.42 Å². The molecule has 6 rings (SSSR count). The van der Waals surface area contributed by atoms with Crippen LogP contribution in [0.25, 0.3) is 11.1 Å². The largest absolute Gasteiger partial charge is 0.336 e. The molecule has 1 amide bonds. The Kier molecular flexibility index (Phi) is 7.23. The van der Waals surface area contributed by atoms with Gasteiger partial charge in [0.05, 0.1) is 5.69 Å². The van der Waals surface area contributed by atoms with E-state index < -0.39 is 11.6 Å². The van der Waals surface area contributed by atoms with Crippen molar-refractivity contribution in [2.24, 2.45) is 4.99 Å². The Morgan fingerprint density at radius 3 is 2.54 bits per heavy atom. The van der Waals surface area contributed by atoms with Gasteiger partial charge in [-0.15, -0.1) is 0 Å². The van der Waals surface area contributed by atoms with Crippen molar-refractivity contribution in [3.63, 3.8) is 0 Å². The molecule has 3 aromatic rings. The molecule has 1 aromatic heterocycles. The van der Waals surface area contributed by atoms with Gasteiger partial charge in [-0.05, 0) is 73.9 Å². The van der Waals surface area contributed by atoms with Crippen molar-refractivity contribution >= 4 is 45.5 Å². The molecular weight excluding hydrogens is 546 g/mol. The zero-order valence-electron chi connectivity index (χ0n) is 22.5. The maximum absolute atomic E-state index is 14.8. The molecule has 10 heteroatoms. The number of anilines is 2. The van der Waals surface area contributed by atoms with Crippen molar-refractivity contribution < 1.29 is 13.6 Å². The molecular formula is C31H27ClF2N6O. The maximum atomic E-state index is 14.8. The van der Waals surface area contributed by atoms with Crippen molar-refractivity contribution in [3.05, 3.63) is 107 Å². The Balaban J connectivity index is 1.25. The zero-order valence-corrected chi connectivity index (χ0v) is 23.2. The standard InChI is InChI=1S/C31H27ClF2N6O/c1-17-15-40(16-18(2)37-17)30(41)19-3-7-22(8-4-19)38-31-36-13-20-5-9-23-25(24-10-6-21(33)11-27(24)34)12-28(32)35-14-26(23)29(20)39-31/h3-4,6-14,17-18,37H,5,15-16H2,1-2H3,(H,36,38,39). The number of nitrogens with zero attached hydrogens (tertiary/aromatic N) is 4. The van der Waals surface area contributed by atoms with E-state index in [1.807, 2.05) is 23.1 Å². The first kappa shape index (κ1) is 27.0. The van der Waals surface area contributed by atoms with Crippen LogP contribution in [-0.4, -0.2) is 51.1 Å². The molecule has 1 aliphatic carbocycles. The SMILES string of the molecule is CC1CN(C(=O)c2ccc(Nc3ncc4c(n3)C3=CN=C(Cl)C=C(c5ccc(F)cc5F)C3=CC4)cc2)CC(C)N1. The van der Waals surface area contributed by atoms with Gasteiger partial charge in [-0.3, -0.25) is 4.79 Å². The summed E-state index contributed by atoms with van der Waals surface area (Å²) in [6.45, 7) is 5.48. The number of aromatic nitrogens is 2. The molecule has 2 N–H and O–H groups in total. The number of aliphatic imine (C=N–C) groups is 1. The molecule has 0 radical (unpaired) electrons. The summed E-state index contributed by atoms with van der Waals surface area (Å²) in [5, 5.41) is 6.82. The summed E-state index contributed by atoms with van der Waals surface area (Å²) in [5.41, 5.74) is 4.91. The van der Waals surface area contributed by atoms with Gasteiger partial charge in [0.25, 0.3) is 5.91 Å². The summed E-state index contributed by atoms with van der Waals surface area (Å²) in [6.07, 6.45) is 7.37. The quantitative estimate of drug-likeness (QED) is 0.408. The fraction of sp³-hybridized carbons (Fsp3) is 0.226. The first-order chi connectivity index (χ1) is 19.7. The molecule has 3 heterocycles. The molecule has 0 saturated carbocycles. The molecule has 0 spiro atoms. The fourth-order valence-corrected chi connectivity index (χ4v) is 5.63. The minimum atomic E-state index is -0.693. The number of benzene rings is 2. The van der Waals surface area contributed by atoms with Crippen LogP contribution < -0.4 is 10.6 Å². The van der Waals surface area contributed by atoms with E-state index in [-0.39, 0.29) is 28.7 Å². The van der Waals surface area contributed by atoms with Crippen LogP contribution in [0.2, 0.25) is 0 Å². The number of amides is 1. The highest BCUT2D eigenvalue weighted by Crippen LogP contribution is 2.41. The predicted octanol–water partition coefficient (Wildman–Crippen LogP) is 5.88. The lowest BCUT2D eigenvalue weighted by Crippen LogP contribution is -2.55. The van der Waals surface area contributed by atoms with Crippen LogP contribution in [0.5, 0.6) is 0 Å². The van der Waals surface area contributed by atoms with E-state index in [9.17, 15) is 13.6 Å². The molecule has 2 aromatic carbocycles. The number of nitrogens with one attached hydrogen (secondary N) is 2. The highest BCUT2D eigenvalue weighted by atomic mass is 35.5. The van der Waals surface area contributed by atoms with Gasteiger partial charge in [-0.2, -0.15) is 0 Å². The highest BCUT2D eigenvalue weighted by Gasteiger charge is 2.27. The van der Waals surface area contributed by atoms with Crippen molar-refractivity contribution in [2.75, 3.05) is 18.4 Å². The van der Waals surface area contributed by atoms with E-state index in [0.717, 1.165) is 17.3 Å². The third kappa shape index (κ3) is 5.55. The number of carbonyl (C=O) groups is 1. The summed E-state index contributed by atoms with van der Waals surface area (Å²) in [4.78, 5) is 28.5. The number of hydrogen-bond acceptors (Lipinski definition) is 6. The lowest BCUT2D eigenvalue weighted by atomic mass is 9.85. The van der Waals surface area contributed by atoms with E-state index in [2.05, 4.69) is 34.5 Å². The number of carbonyl (C=O) groups excluding carboxylic acids is 1. The molecule has 2 atom stereocenters. The van der Waals surface area contributed by atoms with E-state index in [0.29, 0.717) is 53.4 Å². The third-order valence-corrected chi connectivity index (χ3v) is 7.47. The van der Waals surface area contributed by atoms with Gasteiger partial charge < -0.3 is 15.5 Å². The lowest BCUT2D eigenvalue weighted by molar-refractivity contribution is 0.0674. The third-order valence-electron chi connectivity index (χ3n) is 7.26. The average Bonchev–Trinajstić information content (AvgIpc) is 3.11. The lowest BCUT2D eigenvalue weighted by Gasteiger charge is -2.36. The molecule has 7 nitrogen and oxygen atoms in total. The van der Waals surface area contributed by atoms with Crippen LogP contribution >= 0.6 is 11.6 Å². The first-order valence-electron chi connectivity index (χ1n) is 13.4. The molecule has 1 fully saturated rings.